The van der Waals surface area contributed by atoms with Crippen molar-refractivity contribution < 1.29 is 4.74 Å². The fraction of sp³-hybridized carbons (Fsp3) is 0.375. The number of fused-ring (bicyclic) bond motifs is 1. The lowest BCUT2D eigenvalue weighted by molar-refractivity contribution is 0.341. The Hall–Kier alpha value is -1.00. The number of anilines is 1. The van der Waals surface area contributed by atoms with E-state index < -0.39 is 0 Å². The third-order valence-corrected chi connectivity index (χ3v) is 5.31. The molecule has 0 aliphatic heterocycles. The van der Waals surface area contributed by atoms with E-state index in [2.05, 4.69) is 39.4 Å². The molecule has 2 aromatic rings. The SMILES string of the molecule is CCOc1ccccc1NC1CCCc2sc(Br)cc21. The van der Waals surface area contributed by atoms with Crippen molar-refractivity contribution in [3.05, 3.63) is 44.6 Å². The molecule has 20 heavy (non-hydrogen) atoms. The molecular weight excluding hydrogens is 334 g/mol. The monoisotopic (exact) mass is 351 g/mol. The Bertz CT molecular complexity index is 596. The first-order valence-electron chi connectivity index (χ1n) is 7.04. The number of aryl methyl sites for hydroxylation is 1. The first-order valence-corrected chi connectivity index (χ1v) is 8.65. The van der Waals surface area contributed by atoms with Crippen molar-refractivity contribution >= 4 is 33.0 Å². The van der Waals surface area contributed by atoms with Gasteiger partial charge in [-0.1, -0.05) is 12.1 Å². The van der Waals surface area contributed by atoms with Crippen LogP contribution in [-0.2, 0) is 6.42 Å². The maximum atomic E-state index is 5.70. The second-order valence-electron chi connectivity index (χ2n) is 4.95. The van der Waals surface area contributed by atoms with E-state index in [9.17, 15) is 0 Å². The van der Waals surface area contributed by atoms with E-state index in [0.29, 0.717) is 12.6 Å². The summed E-state index contributed by atoms with van der Waals surface area (Å²) in [7, 11) is 0. The van der Waals surface area contributed by atoms with E-state index in [4.69, 9.17) is 4.74 Å². The third kappa shape index (κ3) is 2.86. The fourth-order valence-corrected chi connectivity index (χ4v) is 4.55. The normalized spacial score (nSPS) is 17.6. The predicted molar refractivity (Wildman–Crippen MR) is 88.9 cm³/mol. The molecule has 1 aliphatic rings. The standard InChI is InChI=1S/C16H18BrNOS/c1-2-19-14-8-4-3-6-13(14)18-12-7-5-9-15-11(12)10-16(17)20-15/h3-4,6,8,10,12,18H,2,5,7,9H2,1H3. The number of nitrogens with one attached hydrogen (secondary N) is 1. The number of benzene rings is 1. The predicted octanol–water partition coefficient (Wildman–Crippen LogP) is 5.40. The van der Waals surface area contributed by atoms with Gasteiger partial charge in [0.25, 0.3) is 0 Å². The molecule has 4 heteroatoms. The van der Waals surface area contributed by atoms with Crippen molar-refractivity contribution in [1.29, 1.82) is 0 Å². The highest BCUT2D eigenvalue weighted by molar-refractivity contribution is 9.11. The largest absolute Gasteiger partial charge is 0.492 e. The van der Waals surface area contributed by atoms with Crippen LogP contribution in [0.3, 0.4) is 0 Å². The summed E-state index contributed by atoms with van der Waals surface area (Å²) in [5.74, 6) is 0.941. The van der Waals surface area contributed by atoms with Crippen LogP contribution in [0.1, 0.15) is 36.2 Å². The van der Waals surface area contributed by atoms with Crippen LogP contribution in [0.5, 0.6) is 5.75 Å². The Labute approximate surface area is 132 Å². The maximum absolute atomic E-state index is 5.70. The number of ether oxygens (including phenoxy) is 1. The quantitative estimate of drug-likeness (QED) is 0.796. The molecular formula is C16H18BrNOS. The van der Waals surface area contributed by atoms with Crippen molar-refractivity contribution in [2.45, 2.75) is 32.2 Å². The van der Waals surface area contributed by atoms with Crippen LogP contribution >= 0.6 is 27.3 Å². The number of rotatable bonds is 4. The highest BCUT2D eigenvalue weighted by atomic mass is 79.9. The highest BCUT2D eigenvalue weighted by Gasteiger charge is 2.23. The van der Waals surface area contributed by atoms with Crippen molar-refractivity contribution in [2.75, 3.05) is 11.9 Å². The smallest absolute Gasteiger partial charge is 0.142 e. The minimum Gasteiger partial charge on any atom is -0.492 e. The van der Waals surface area contributed by atoms with Crippen molar-refractivity contribution in [3.8, 4) is 5.75 Å². The molecule has 0 spiro atoms. The molecule has 1 N–H and O–H groups in total. The van der Waals surface area contributed by atoms with Crippen LogP contribution in [0.25, 0.3) is 0 Å². The zero-order valence-electron chi connectivity index (χ0n) is 11.5. The maximum Gasteiger partial charge on any atom is 0.142 e. The first kappa shape index (κ1) is 14.0. The van der Waals surface area contributed by atoms with Crippen molar-refractivity contribution in [2.24, 2.45) is 0 Å². The number of para-hydroxylation sites is 2. The first-order chi connectivity index (χ1) is 9.78. The summed E-state index contributed by atoms with van der Waals surface area (Å²) in [6.07, 6.45) is 3.63. The second kappa shape index (κ2) is 6.19. The molecule has 2 nitrogen and oxygen atoms in total. The molecule has 1 atom stereocenters. The van der Waals surface area contributed by atoms with Crippen LogP contribution in [0.4, 0.5) is 5.69 Å². The minimum absolute atomic E-state index is 0.392. The lowest BCUT2D eigenvalue weighted by Crippen LogP contribution is -2.16. The molecule has 1 aliphatic carbocycles. The average molecular weight is 352 g/mol. The van der Waals surface area contributed by atoms with Crippen LogP contribution in [0.2, 0.25) is 0 Å². The van der Waals surface area contributed by atoms with Crippen LogP contribution in [0, 0.1) is 0 Å². The summed E-state index contributed by atoms with van der Waals surface area (Å²) in [5, 5.41) is 3.66. The summed E-state index contributed by atoms with van der Waals surface area (Å²) in [4.78, 5) is 1.51. The van der Waals surface area contributed by atoms with E-state index in [1.165, 1.54) is 33.5 Å². The van der Waals surface area contributed by atoms with Crippen molar-refractivity contribution in [1.82, 2.24) is 0 Å². The minimum atomic E-state index is 0.392. The molecule has 3 rings (SSSR count). The Morgan fingerprint density at radius 1 is 1.40 bits per heavy atom. The molecule has 0 bridgehead atoms. The topological polar surface area (TPSA) is 21.3 Å². The number of hydrogen-bond acceptors (Lipinski definition) is 3. The summed E-state index contributed by atoms with van der Waals surface area (Å²) in [6.45, 7) is 2.71. The van der Waals surface area contributed by atoms with Crippen LogP contribution < -0.4 is 10.1 Å². The second-order valence-corrected chi connectivity index (χ2v) is 7.46. The molecule has 0 saturated heterocycles. The summed E-state index contributed by atoms with van der Waals surface area (Å²) in [5.41, 5.74) is 2.54. The van der Waals surface area contributed by atoms with Gasteiger partial charge in [-0.25, -0.2) is 0 Å². The Morgan fingerprint density at radius 2 is 2.25 bits per heavy atom. The average Bonchev–Trinajstić information content (AvgIpc) is 2.83. The Morgan fingerprint density at radius 3 is 3.10 bits per heavy atom. The molecule has 106 valence electrons. The van der Waals surface area contributed by atoms with Gasteiger partial charge in [-0.15, -0.1) is 11.3 Å². The van der Waals surface area contributed by atoms with Gasteiger partial charge in [-0.2, -0.15) is 0 Å². The number of halogens is 1. The molecule has 1 aromatic carbocycles. The van der Waals surface area contributed by atoms with Gasteiger partial charge < -0.3 is 10.1 Å². The van der Waals surface area contributed by atoms with Gasteiger partial charge >= 0.3 is 0 Å². The molecule has 1 aromatic heterocycles. The highest BCUT2D eigenvalue weighted by Crippen LogP contribution is 2.40. The van der Waals surface area contributed by atoms with Gasteiger partial charge in [0.15, 0.2) is 0 Å². The van der Waals surface area contributed by atoms with Crippen molar-refractivity contribution in [3.63, 3.8) is 0 Å². The van der Waals surface area contributed by atoms with E-state index in [0.717, 1.165) is 11.4 Å². The zero-order chi connectivity index (χ0) is 13.9. The van der Waals surface area contributed by atoms with Gasteiger partial charge in [0.1, 0.15) is 5.75 Å². The van der Waals surface area contributed by atoms with Crippen LogP contribution in [-0.4, -0.2) is 6.61 Å². The molecule has 0 amide bonds. The molecule has 1 heterocycles. The van der Waals surface area contributed by atoms with E-state index in [1.807, 2.05) is 30.4 Å². The zero-order valence-corrected chi connectivity index (χ0v) is 13.9. The summed E-state index contributed by atoms with van der Waals surface area (Å²) >= 11 is 5.48. The Balaban J connectivity index is 1.85. The van der Waals surface area contributed by atoms with Gasteiger partial charge in [-0.3, -0.25) is 0 Å². The fourth-order valence-electron chi connectivity index (χ4n) is 2.73. The molecule has 0 fully saturated rings. The molecule has 1 unspecified atom stereocenters. The van der Waals surface area contributed by atoms with Gasteiger partial charge in [0.2, 0.25) is 0 Å². The number of thiophene rings is 1. The third-order valence-electron chi connectivity index (χ3n) is 3.60. The molecule has 0 saturated carbocycles. The van der Waals surface area contributed by atoms with Gasteiger partial charge in [0, 0.05) is 4.88 Å². The summed E-state index contributed by atoms with van der Waals surface area (Å²) in [6, 6.07) is 10.9. The summed E-state index contributed by atoms with van der Waals surface area (Å²) < 4.78 is 6.93. The van der Waals surface area contributed by atoms with Gasteiger partial charge in [-0.05, 0) is 65.9 Å². The van der Waals surface area contributed by atoms with E-state index >= 15 is 0 Å². The van der Waals surface area contributed by atoms with Crippen LogP contribution in [0.15, 0.2) is 34.1 Å². The lowest BCUT2D eigenvalue weighted by atomic mass is 9.94. The molecule has 0 radical (unpaired) electrons. The lowest BCUT2D eigenvalue weighted by Gasteiger charge is -2.25. The Kier molecular flexibility index (Phi) is 4.32. The van der Waals surface area contributed by atoms with E-state index in [-0.39, 0.29) is 0 Å². The van der Waals surface area contributed by atoms with E-state index in [1.54, 1.807) is 0 Å². The number of hydrogen-bond donors (Lipinski definition) is 1. The van der Waals surface area contributed by atoms with Gasteiger partial charge in [0.05, 0.1) is 22.1 Å².